The number of amides is 1. The van der Waals surface area contributed by atoms with Gasteiger partial charge < -0.3 is 9.09 Å². The molecule has 0 unspecified atom stereocenters. The second-order valence-corrected chi connectivity index (χ2v) is 4.96. The van der Waals surface area contributed by atoms with Gasteiger partial charge >= 0.3 is 0 Å². The number of aryl methyl sites for hydroxylation is 1. The summed E-state index contributed by atoms with van der Waals surface area (Å²) in [4.78, 5) is 16.4. The van der Waals surface area contributed by atoms with Crippen LogP contribution in [-0.2, 0) is 17.8 Å². The van der Waals surface area contributed by atoms with Gasteiger partial charge in [-0.3, -0.25) is 10.1 Å². The highest BCUT2D eigenvalue weighted by atomic mass is 35.5. The number of carbonyl (C=O) groups is 1. The third kappa shape index (κ3) is 2.75. The molecule has 0 bridgehead atoms. The van der Waals surface area contributed by atoms with Crippen LogP contribution in [0.15, 0.2) is 35.1 Å². The number of rotatable bonds is 4. The normalized spacial score (nSPS) is 11.0. The molecular weight excluding hydrogens is 292 g/mol. The van der Waals surface area contributed by atoms with E-state index in [0.29, 0.717) is 23.2 Å². The minimum atomic E-state index is -0.194. The van der Waals surface area contributed by atoms with Crippen molar-refractivity contribution in [2.45, 2.75) is 19.9 Å². The van der Waals surface area contributed by atoms with Crippen LogP contribution in [0.3, 0.4) is 0 Å². The van der Waals surface area contributed by atoms with E-state index in [4.69, 9.17) is 16.1 Å². The van der Waals surface area contributed by atoms with E-state index in [9.17, 15) is 4.79 Å². The molecule has 7 heteroatoms. The van der Waals surface area contributed by atoms with E-state index in [1.54, 1.807) is 18.2 Å². The molecular formula is C14H13ClN4O2. The fourth-order valence-corrected chi connectivity index (χ4v) is 2.35. The zero-order chi connectivity index (χ0) is 14.8. The van der Waals surface area contributed by atoms with Gasteiger partial charge in [-0.25, -0.2) is 4.98 Å². The van der Waals surface area contributed by atoms with Crippen molar-refractivity contribution in [3.05, 3.63) is 41.2 Å². The number of benzene rings is 1. The van der Waals surface area contributed by atoms with Crippen molar-refractivity contribution in [2.75, 3.05) is 5.32 Å². The Balaban J connectivity index is 1.87. The van der Waals surface area contributed by atoms with Crippen LogP contribution in [0.5, 0.6) is 0 Å². The fraction of sp³-hybridized carbons (Fsp3) is 0.214. The number of anilines is 1. The maximum atomic E-state index is 12.0. The quantitative estimate of drug-likeness (QED) is 0.804. The zero-order valence-corrected chi connectivity index (χ0v) is 12.1. The highest BCUT2D eigenvalue weighted by molar-refractivity contribution is 6.31. The van der Waals surface area contributed by atoms with E-state index in [1.807, 2.05) is 17.6 Å². The predicted octanol–water partition coefficient (Wildman–Crippen LogP) is 2.88. The monoisotopic (exact) mass is 304 g/mol. The summed E-state index contributed by atoms with van der Waals surface area (Å²) in [5, 5.41) is 7.13. The molecule has 0 aliphatic carbocycles. The number of hydrogen-bond donors (Lipinski definition) is 1. The topological polar surface area (TPSA) is 73.0 Å². The molecule has 0 saturated carbocycles. The molecule has 1 N–H and O–H groups in total. The van der Waals surface area contributed by atoms with Gasteiger partial charge in [0, 0.05) is 17.6 Å². The molecule has 1 amide bonds. The van der Waals surface area contributed by atoms with E-state index < -0.39 is 0 Å². The summed E-state index contributed by atoms with van der Waals surface area (Å²) >= 11 is 5.97. The van der Waals surface area contributed by atoms with Crippen molar-refractivity contribution in [3.63, 3.8) is 0 Å². The number of aromatic nitrogens is 3. The highest BCUT2D eigenvalue weighted by Crippen LogP contribution is 2.23. The molecule has 2 heterocycles. The third-order valence-electron chi connectivity index (χ3n) is 3.11. The maximum Gasteiger partial charge on any atom is 0.232 e. The lowest BCUT2D eigenvalue weighted by Crippen LogP contribution is -2.17. The van der Waals surface area contributed by atoms with Crippen LogP contribution in [0, 0.1) is 0 Å². The number of halogens is 1. The van der Waals surface area contributed by atoms with Crippen molar-refractivity contribution < 1.29 is 9.32 Å². The first-order chi connectivity index (χ1) is 10.2. The van der Waals surface area contributed by atoms with Crippen LogP contribution >= 0.6 is 11.6 Å². The molecule has 2 aromatic heterocycles. The molecule has 0 radical (unpaired) electrons. The summed E-state index contributed by atoms with van der Waals surface area (Å²) in [6, 6.07) is 7.12. The molecule has 0 aliphatic rings. The van der Waals surface area contributed by atoms with Crippen LogP contribution in [-0.4, -0.2) is 20.6 Å². The van der Waals surface area contributed by atoms with Gasteiger partial charge in [-0.05, 0) is 25.1 Å². The number of fused-ring (bicyclic) bond motifs is 1. The van der Waals surface area contributed by atoms with Crippen molar-refractivity contribution in [2.24, 2.45) is 0 Å². The Hall–Kier alpha value is -2.34. The molecule has 0 saturated heterocycles. The van der Waals surface area contributed by atoms with E-state index in [2.05, 4.69) is 15.5 Å². The third-order valence-corrected chi connectivity index (χ3v) is 3.35. The van der Waals surface area contributed by atoms with Crippen LogP contribution < -0.4 is 5.32 Å². The fourth-order valence-electron chi connectivity index (χ4n) is 2.18. The van der Waals surface area contributed by atoms with Gasteiger partial charge in [0.15, 0.2) is 0 Å². The first-order valence-corrected chi connectivity index (χ1v) is 6.90. The second kappa shape index (κ2) is 5.57. The molecule has 6 nitrogen and oxygen atoms in total. The Bertz CT molecular complexity index is 780. The van der Waals surface area contributed by atoms with Crippen molar-refractivity contribution in [3.8, 4) is 0 Å². The minimum absolute atomic E-state index is 0.143. The van der Waals surface area contributed by atoms with Crippen molar-refractivity contribution >= 4 is 34.5 Å². The van der Waals surface area contributed by atoms with Crippen molar-refractivity contribution in [1.29, 1.82) is 0 Å². The van der Waals surface area contributed by atoms with Crippen LogP contribution in [0.25, 0.3) is 11.0 Å². The Morgan fingerprint density at radius 2 is 2.29 bits per heavy atom. The highest BCUT2D eigenvalue weighted by Gasteiger charge is 2.13. The maximum absolute atomic E-state index is 12.0. The Labute approximate surface area is 125 Å². The first-order valence-electron chi connectivity index (χ1n) is 6.52. The number of nitrogens with one attached hydrogen (secondary N) is 1. The molecule has 0 fully saturated rings. The van der Waals surface area contributed by atoms with E-state index in [1.165, 1.54) is 6.26 Å². The molecule has 1 aromatic carbocycles. The lowest BCUT2D eigenvalue weighted by Gasteiger charge is -2.06. The van der Waals surface area contributed by atoms with Gasteiger partial charge in [-0.15, -0.1) is 0 Å². The number of nitrogens with zero attached hydrogens (tertiary/aromatic N) is 3. The van der Waals surface area contributed by atoms with Gasteiger partial charge in [0.05, 0.1) is 23.1 Å². The van der Waals surface area contributed by atoms with Gasteiger partial charge in [-0.2, -0.15) is 0 Å². The molecule has 3 aromatic rings. The van der Waals surface area contributed by atoms with Crippen LogP contribution in [0.1, 0.15) is 12.6 Å². The predicted molar refractivity (Wildman–Crippen MR) is 79.3 cm³/mol. The Morgan fingerprint density at radius 1 is 1.43 bits per heavy atom. The van der Waals surface area contributed by atoms with E-state index in [0.717, 1.165) is 11.0 Å². The average molecular weight is 305 g/mol. The van der Waals surface area contributed by atoms with Gasteiger partial charge in [0.25, 0.3) is 0 Å². The lowest BCUT2D eigenvalue weighted by molar-refractivity contribution is -0.115. The largest absolute Gasteiger partial charge is 0.364 e. The standard InChI is InChI=1S/C14H13ClN4O2/c1-2-19-12-4-3-9(15)7-11(12)16-14(19)17-13(20)8-10-5-6-21-18-10/h3-7H,2,8H2,1H3,(H,16,17,20). The average Bonchev–Trinajstić information content (AvgIpc) is 3.05. The molecule has 0 atom stereocenters. The summed E-state index contributed by atoms with van der Waals surface area (Å²) in [7, 11) is 0. The van der Waals surface area contributed by atoms with Gasteiger partial charge in [-0.1, -0.05) is 16.8 Å². The van der Waals surface area contributed by atoms with Crippen molar-refractivity contribution in [1.82, 2.24) is 14.7 Å². The van der Waals surface area contributed by atoms with Crippen LogP contribution in [0.4, 0.5) is 5.95 Å². The van der Waals surface area contributed by atoms with E-state index >= 15 is 0 Å². The summed E-state index contributed by atoms with van der Waals surface area (Å²) in [6.45, 7) is 2.68. The van der Waals surface area contributed by atoms with Gasteiger partial charge in [0.1, 0.15) is 6.26 Å². The van der Waals surface area contributed by atoms with E-state index in [-0.39, 0.29) is 12.3 Å². The second-order valence-electron chi connectivity index (χ2n) is 4.53. The van der Waals surface area contributed by atoms with Crippen LogP contribution in [0.2, 0.25) is 5.02 Å². The summed E-state index contributed by atoms with van der Waals surface area (Å²) in [5.74, 6) is 0.309. The zero-order valence-electron chi connectivity index (χ0n) is 11.3. The molecule has 21 heavy (non-hydrogen) atoms. The number of hydrogen-bond acceptors (Lipinski definition) is 4. The molecule has 108 valence electrons. The SMILES string of the molecule is CCn1c(NC(=O)Cc2ccon2)nc2cc(Cl)ccc21. The number of imidazole rings is 1. The summed E-state index contributed by atoms with van der Waals surface area (Å²) in [6.07, 6.45) is 1.58. The smallest absolute Gasteiger partial charge is 0.232 e. The first kappa shape index (κ1) is 13.6. The summed E-state index contributed by atoms with van der Waals surface area (Å²) in [5.41, 5.74) is 2.26. The Kier molecular flexibility index (Phi) is 3.62. The minimum Gasteiger partial charge on any atom is -0.364 e. The van der Waals surface area contributed by atoms with Gasteiger partial charge in [0.2, 0.25) is 11.9 Å². The molecule has 0 aliphatic heterocycles. The summed E-state index contributed by atoms with van der Waals surface area (Å²) < 4.78 is 6.63. The lowest BCUT2D eigenvalue weighted by atomic mass is 10.3. The molecule has 0 spiro atoms. The Morgan fingerprint density at radius 3 is 3.00 bits per heavy atom. The molecule has 3 rings (SSSR count). The number of carbonyl (C=O) groups excluding carboxylic acids is 1.